The van der Waals surface area contributed by atoms with E-state index >= 15 is 0 Å². The van der Waals surface area contributed by atoms with E-state index in [4.69, 9.17) is 9.15 Å². The molecule has 0 unspecified atom stereocenters. The molecule has 4 nitrogen and oxygen atoms in total. The van der Waals surface area contributed by atoms with Crippen LogP contribution in [-0.4, -0.2) is 25.2 Å². The van der Waals surface area contributed by atoms with E-state index < -0.39 is 0 Å². The number of nitrogens with one attached hydrogen (secondary N) is 1. The molecule has 5 fully saturated rings. The molecule has 2 heterocycles. The van der Waals surface area contributed by atoms with Crippen LogP contribution in [0.2, 0.25) is 0 Å². The number of rotatable bonds is 4. The van der Waals surface area contributed by atoms with Gasteiger partial charge in [-0.05, 0) is 82.1 Å². The number of carbonyl (C=O) groups is 1. The fourth-order valence-electron chi connectivity index (χ4n) is 6.49. The topological polar surface area (TPSA) is 51.5 Å². The fraction of sp³-hybridized carbons (Fsp3) is 0.762. The predicted octanol–water partition coefficient (Wildman–Crippen LogP) is 3.96. The van der Waals surface area contributed by atoms with Crippen molar-refractivity contribution < 1.29 is 13.9 Å². The van der Waals surface area contributed by atoms with Gasteiger partial charge in [0.1, 0.15) is 11.5 Å². The number of hydrogen-bond acceptors (Lipinski definition) is 3. The molecule has 1 aromatic rings. The van der Waals surface area contributed by atoms with Crippen molar-refractivity contribution in [1.82, 2.24) is 5.32 Å². The van der Waals surface area contributed by atoms with Crippen LogP contribution in [0.3, 0.4) is 0 Å². The lowest BCUT2D eigenvalue weighted by molar-refractivity contribution is -0.0154. The van der Waals surface area contributed by atoms with E-state index in [9.17, 15) is 4.79 Å². The summed E-state index contributed by atoms with van der Waals surface area (Å²) in [6, 6.07) is 2.06. The van der Waals surface area contributed by atoms with Crippen LogP contribution in [0.1, 0.15) is 73.2 Å². The fourth-order valence-corrected chi connectivity index (χ4v) is 6.49. The smallest absolute Gasteiger partial charge is 0.254 e. The summed E-state index contributed by atoms with van der Waals surface area (Å²) in [7, 11) is 0. The van der Waals surface area contributed by atoms with E-state index in [0.717, 1.165) is 54.3 Å². The molecule has 0 aromatic carbocycles. The summed E-state index contributed by atoms with van der Waals surface area (Å²) in [6.45, 7) is 3.36. The number of aryl methyl sites for hydroxylation is 1. The van der Waals surface area contributed by atoms with Crippen LogP contribution in [0, 0.1) is 24.7 Å². The molecular formula is C21H29NO3. The number of carbonyl (C=O) groups excluding carboxylic acids is 1. The van der Waals surface area contributed by atoms with Gasteiger partial charge in [0.15, 0.2) is 0 Å². The molecule has 25 heavy (non-hydrogen) atoms. The summed E-state index contributed by atoms with van der Waals surface area (Å²) in [4.78, 5) is 12.6. The Morgan fingerprint density at radius 3 is 2.48 bits per heavy atom. The molecule has 1 aliphatic heterocycles. The first-order chi connectivity index (χ1) is 12.1. The second kappa shape index (κ2) is 5.87. The minimum Gasteiger partial charge on any atom is -0.465 e. The first-order valence-corrected chi connectivity index (χ1v) is 10.1. The number of hydrogen-bond donors (Lipinski definition) is 1. The second-order valence-electron chi connectivity index (χ2n) is 9.12. The van der Waals surface area contributed by atoms with Gasteiger partial charge in [0, 0.05) is 18.6 Å². The average Bonchev–Trinajstić information content (AvgIpc) is 3.21. The Morgan fingerprint density at radius 2 is 1.88 bits per heavy atom. The lowest BCUT2D eigenvalue weighted by Crippen LogP contribution is -2.48. The lowest BCUT2D eigenvalue weighted by atomic mass is 9.49. The summed E-state index contributed by atoms with van der Waals surface area (Å²) in [5.74, 6) is 4.50. The first kappa shape index (κ1) is 15.9. The Bertz CT molecular complexity index is 635. The summed E-state index contributed by atoms with van der Waals surface area (Å²) in [6.07, 6.45) is 10.4. The minimum atomic E-state index is -0.00673. The third-order valence-electron chi connectivity index (χ3n) is 7.24. The summed E-state index contributed by atoms with van der Waals surface area (Å²) >= 11 is 0. The molecule has 0 spiro atoms. The Balaban J connectivity index is 1.34. The average molecular weight is 343 g/mol. The van der Waals surface area contributed by atoms with Gasteiger partial charge < -0.3 is 14.5 Å². The predicted molar refractivity (Wildman–Crippen MR) is 94.6 cm³/mol. The van der Waals surface area contributed by atoms with Gasteiger partial charge in [-0.3, -0.25) is 4.79 Å². The maximum atomic E-state index is 12.6. The van der Waals surface area contributed by atoms with Crippen LogP contribution in [0.4, 0.5) is 0 Å². The molecular weight excluding hydrogens is 314 g/mol. The van der Waals surface area contributed by atoms with E-state index in [0.29, 0.717) is 6.54 Å². The quantitative estimate of drug-likeness (QED) is 0.900. The molecule has 1 saturated heterocycles. The van der Waals surface area contributed by atoms with Gasteiger partial charge in [0.25, 0.3) is 5.91 Å². The van der Waals surface area contributed by atoms with Crippen LogP contribution in [0.15, 0.2) is 10.5 Å². The highest BCUT2D eigenvalue weighted by Crippen LogP contribution is 2.61. The van der Waals surface area contributed by atoms with E-state index in [-0.39, 0.29) is 17.4 Å². The second-order valence-corrected chi connectivity index (χ2v) is 9.12. The monoisotopic (exact) mass is 343 g/mol. The Labute approximate surface area is 149 Å². The molecule has 0 radical (unpaired) electrons. The Kier molecular flexibility index (Phi) is 3.74. The Hall–Kier alpha value is -1.29. The van der Waals surface area contributed by atoms with Gasteiger partial charge in [0.05, 0.1) is 11.7 Å². The van der Waals surface area contributed by atoms with Gasteiger partial charge in [-0.25, -0.2) is 0 Å². The van der Waals surface area contributed by atoms with Crippen LogP contribution in [0.5, 0.6) is 0 Å². The van der Waals surface area contributed by atoms with Gasteiger partial charge in [-0.15, -0.1) is 0 Å². The molecule has 1 N–H and O–H groups in total. The maximum Gasteiger partial charge on any atom is 0.254 e. The van der Waals surface area contributed by atoms with E-state index in [1.54, 1.807) is 0 Å². The molecule has 136 valence electrons. The molecule has 5 aliphatic rings. The molecule has 4 aliphatic carbocycles. The van der Waals surface area contributed by atoms with Crippen molar-refractivity contribution >= 4 is 5.91 Å². The number of ether oxygens (including phenoxy) is 1. The first-order valence-electron chi connectivity index (χ1n) is 10.1. The summed E-state index contributed by atoms with van der Waals surface area (Å²) in [5.41, 5.74) is 0.941. The minimum absolute atomic E-state index is 0.00673. The highest BCUT2D eigenvalue weighted by molar-refractivity contribution is 5.95. The summed E-state index contributed by atoms with van der Waals surface area (Å²) < 4.78 is 11.8. The molecule has 1 atom stereocenters. The van der Waals surface area contributed by atoms with Crippen LogP contribution in [-0.2, 0) is 10.2 Å². The maximum absolute atomic E-state index is 12.6. The zero-order valence-corrected chi connectivity index (χ0v) is 15.2. The van der Waals surface area contributed by atoms with Crippen LogP contribution < -0.4 is 5.32 Å². The van der Waals surface area contributed by atoms with Gasteiger partial charge in [-0.1, -0.05) is 0 Å². The van der Waals surface area contributed by atoms with Crippen molar-refractivity contribution in [3.05, 3.63) is 23.2 Å². The lowest BCUT2D eigenvalue weighted by Gasteiger charge is -2.55. The van der Waals surface area contributed by atoms with Gasteiger partial charge in [0.2, 0.25) is 0 Å². The van der Waals surface area contributed by atoms with Crippen LogP contribution in [0.25, 0.3) is 0 Å². The zero-order valence-electron chi connectivity index (χ0n) is 15.2. The molecule has 4 heteroatoms. The van der Waals surface area contributed by atoms with Crippen molar-refractivity contribution in [2.24, 2.45) is 17.8 Å². The Morgan fingerprint density at radius 1 is 1.20 bits per heavy atom. The number of amides is 1. The van der Waals surface area contributed by atoms with Gasteiger partial charge >= 0.3 is 0 Å². The molecule has 6 rings (SSSR count). The largest absolute Gasteiger partial charge is 0.465 e. The standard InChI is InChI=1S/C21H29NO3/c1-13-18(20(23)22-12-17-3-2-4-24-17)8-19(25-13)21-9-14-5-15(10-21)7-16(6-14)11-21/h8,14-17H,2-7,9-12H2,1H3,(H,22,23)/t14?,15?,16?,17-,21?/m0/s1. The van der Waals surface area contributed by atoms with Crippen molar-refractivity contribution in [3.8, 4) is 0 Å². The van der Waals surface area contributed by atoms with Crippen molar-refractivity contribution in [2.75, 3.05) is 13.2 Å². The molecule has 4 bridgehead atoms. The SMILES string of the molecule is Cc1oc(C23CC4CC(CC(C4)C2)C3)cc1C(=O)NC[C@@H]1CCCO1. The number of furan rings is 1. The van der Waals surface area contributed by atoms with E-state index in [1.807, 2.05) is 6.92 Å². The molecule has 1 amide bonds. The third-order valence-corrected chi connectivity index (χ3v) is 7.24. The molecule has 4 saturated carbocycles. The third kappa shape index (κ3) is 2.73. The zero-order chi connectivity index (χ0) is 17.0. The van der Waals surface area contributed by atoms with E-state index in [1.165, 1.54) is 38.5 Å². The normalized spacial score (nSPS) is 39.1. The van der Waals surface area contributed by atoms with Crippen LogP contribution >= 0.6 is 0 Å². The molecule has 1 aromatic heterocycles. The van der Waals surface area contributed by atoms with Gasteiger partial charge in [-0.2, -0.15) is 0 Å². The highest BCUT2D eigenvalue weighted by atomic mass is 16.5. The van der Waals surface area contributed by atoms with Crippen molar-refractivity contribution in [3.63, 3.8) is 0 Å². The highest BCUT2D eigenvalue weighted by Gasteiger charge is 2.53. The van der Waals surface area contributed by atoms with Crippen molar-refractivity contribution in [1.29, 1.82) is 0 Å². The van der Waals surface area contributed by atoms with E-state index in [2.05, 4.69) is 11.4 Å². The summed E-state index contributed by atoms with van der Waals surface area (Å²) in [5, 5.41) is 3.04. The van der Waals surface area contributed by atoms with Crippen molar-refractivity contribution in [2.45, 2.75) is 69.8 Å².